The molecule has 2 aromatic carbocycles. The SMILES string of the molecule is C.CO[C@@H]([C@@H]1CCCN1)[C@@H](C)C(=O)C[C@@H](Cc1ccccc1)C(=O)N(C)Cc1ccccc1. The zero-order valence-corrected chi connectivity index (χ0v) is 19.5. The first kappa shape index (κ1) is 26.7. The van der Waals surface area contributed by atoms with Gasteiger partial charge in [-0.25, -0.2) is 0 Å². The summed E-state index contributed by atoms with van der Waals surface area (Å²) in [6, 6.07) is 20.1. The van der Waals surface area contributed by atoms with E-state index in [1.165, 1.54) is 0 Å². The molecule has 0 spiro atoms. The first-order chi connectivity index (χ1) is 15.5. The Kier molecular flexibility index (Phi) is 10.8. The highest BCUT2D eigenvalue weighted by molar-refractivity contribution is 5.88. The number of ketones is 1. The van der Waals surface area contributed by atoms with E-state index in [2.05, 4.69) is 5.32 Å². The van der Waals surface area contributed by atoms with Gasteiger partial charge in [0.2, 0.25) is 5.91 Å². The Bertz CT molecular complexity index is 850. The molecule has 0 bridgehead atoms. The van der Waals surface area contributed by atoms with Crippen molar-refractivity contribution in [1.29, 1.82) is 0 Å². The van der Waals surface area contributed by atoms with E-state index in [0.717, 1.165) is 30.5 Å². The topological polar surface area (TPSA) is 58.6 Å². The molecule has 1 aliphatic rings. The molecule has 3 rings (SSSR count). The van der Waals surface area contributed by atoms with Crippen LogP contribution in [0, 0.1) is 11.8 Å². The van der Waals surface area contributed by atoms with Crippen LogP contribution in [0.3, 0.4) is 0 Å². The molecule has 0 aliphatic carbocycles. The second kappa shape index (κ2) is 13.3. The number of hydrogen-bond acceptors (Lipinski definition) is 4. The van der Waals surface area contributed by atoms with Crippen molar-refractivity contribution < 1.29 is 14.3 Å². The summed E-state index contributed by atoms with van der Waals surface area (Å²) in [6.45, 7) is 3.43. The van der Waals surface area contributed by atoms with Gasteiger partial charge >= 0.3 is 0 Å². The van der Waals surface area contributed by atoms with Crippen molar-refractivity contribution in [2.45, 2.75) is 58.7 Å². The lowest BCUT2D eigenvalue weighted by Gasteiger charge is -2.29. The first-order valence-electron chi connectivity index (χ1n) is 11.6. The Morgan fingerprint density at radius 2 is 1.67 bits per heavy atom. The fourth-order valence-corrected chi connectivity index (χ4v) is 4.71. The number of nitrogens with one attached hydrogen (secondary N) is 1. The van der Waals surface area contributed by atoms with Gasteiger partial charge in [-0.15, -0.1) is 0 Å². The molecular weight excluding hydrogens is 412 g/mol. The van der Waals surface area contributed by atoms with Crippen molar-refractivity contribution in [2.75, 3.05) is 20.7 Å². The van der Waals surface area contributed by atoms with Crippen LogP contribution >= 0.6 is 0 Å². The summed E-state index contributed by atoms with van der Waals surface area (Å²) in [5.74, 6) is -0.560. The third-order valence-electron chi connectivity index (χ3n) is 6.53. The molecule has 0 saturated carbocycles. The summed E-state index contributed by atoms with van der Waals surface area (Å²) in [4.78, 5) is 28.5. The zero-order chi connectivity index (χ0) is 22.9. The molecule has 5 heteroatoms. The van der Waals surface area contributed by atoms with Crippen molar-refractivity contribution in [3.05, 3.63) is 71.8 Å². The minimum Gasteiger partial charge on any atom is -0.379 e. The third kappa shape index (κ3) is 7.51. The average Bonchev–Trinajstić information content (AvgIpc) is 3.34. The summed E-state index contributed by atoms with van der Waals surface area (Å²) >= 11 is 0. The van der Waals surface area contributed by atoms with Crippen LogP contribution in [0.2, 0.25) is 0 Å². The summed E-state index contributed by atoms with van der Waals surface area (Å²) in [5, 5.41) is 3.45. The number of rotatable bonds is 11. The lowest BCUT2D eigenvalue weighted by molar-refractivity contribution is -0.139. The Morgan fingerprint density at radius 1 is 1.06 bits per heavy atom. The number of methoxy groups -OCH3 is 1. The maximum atomic E-state index is 13.4. The van der Waals surface area contributed by atoms with Gasteiger partial charge < -0.3 is 15.0 Å². The molecule has 0 unspecified atom stereocenters. The molecule has 1 N–H and O–H groups in total. The van der Waals surface area contributed by atoms with Crippen LogP contribution in [0.5, 0.6) is 0 Å². The summed E-state index contributed by atoms with van der Waals surface area (Å²) < 4.78 is 5.73. The number of ether oxygens (including phenoxy) is 1. The van der Waals surface area contributed by atoms with E-state index in [1.54, 1.807) is 12.0 Å². The summed E-state index contributed by atoms with van der Waals surface area (Å²) in [6.07, 6.45) is 2.73. The van der Waals surface area contributed by atoms with E-state index < -0.39 is 5.92 Å². The monoisotopic (exact) mass is 452 g/mol. The van der Waals surface area contributed by atoms with Gasteiger partial charge in [-0.2, -0.15) is 0 Å². The molecule has 0 radical (unpaired) electrons. The zero-order valence-electron chi connectivity index (χ0n) is 19.5. The molecule has 1 heterocycles. The minimum absolute atomic E-state index is 0. The van der Waals surface area contributed by atoms with Gasteiger partial charge in [0, 0.05) is 45.0 Å². The Labute approximate surface area is 199 Å². The van der Waals surface area contributed by atoms with Crippen molar-refractivity contribution in [1.82, 2.24) is 10.2 Å². The molecule has 180 valence electrons. The van der Waals surface area contributed by atoms with Gasteiger partial charge in [0.25, 0.3) is 0 Å². The fraction of sp³-hybridized carbons (Fsp3) is 0.500. The van der Waals surface area contributed by atoms with Crippen LogP contribution in [0.1, 0.15) is 44.7 Å². The number of Topliss-reactive ketones (excluding diaryl/α,β-unsaturated/α-hetero) is 1. The molecule has 1 amide bonds. The van der Waals surface area contributed by atoms with Crippen LogP contribution in [-0.2, 0) is 27.3 Å². The molecule has 4 atom stereocenters. The molecule has 1 saturated heterocycles. The maximum absolute atomic E-state index is 13.4. The summed E-state index contributed by atoms with van der Waals surface area (Å²) in [5.41, 5.74) is 2.15. The lowest BCUT2D eigenvalue weighted by Crippen LogP contribution is -2.44. The van der Waals surface area contributed by atoms with E-state index in [4.69, 9.17) is 4.74 Å². The fourth-order valence-electron chi connectivity index (χ4n) is 4.71. The van der Waals surface area contributed by atoms with E-state index >= 15 is 0 Å². The number of carbonyl (C=O) groups excluding carboxylic acids is 2. The largest absolute Gasteiger partial charge is 0.379 e. The second-order valence-corrected chi connectivity index (χ2v) is 8.93. The van der Waals surface area contributed by atoms with Gasteiger partial charge in [0.05, 0.1) is 6.10 Å². The van der Waals surface area contributed by atoms with Gasteiger partial charge in [-0.1, -0.05) is 75.0 Å². The van der Waals surface area contributed by atoms with Gasteiger partial charge in [0.15, 0.2) is 0 Å². The van der Waals surface area contributed by atoms with E-state index in [1.807, 2.05) is 74.6 Å². The summed E-state index contributed by atoms with van der Waals surface area (Å²) in [7, 11) is 3.50. The van der Waals surface area contributed by atoms with Crippen LogP contribution in [-0.4, -0.2) is 49.4 Å². The predicted molar refractivity (Wildman–Crippen MR) is 134 cm³/mol. The molecule has 1 aliphatic heterocycles. The highest BCUT2D eigenvalue weighted by Crippen LogP contribution is 2.24. The van der Waals surface area contributed by atoms with Crippen LogP contribution in [0.4, 0.5) is 0 Å². The number of benzene rings is 2. The van der Waals surface area contributed by atoms with E-state index in [-0.39, 0.29) is 43.6 Å². The number of amides is 1. The van der Waals surface area contributed by atoms with Crippen molar-refractivity contribution in [2.24, 2.45) is 11.8 Å². The van der Waals surface area contributed by atoms with Crippen LogP contribution < -0.4 is 5.32 Å². The van der Waals surface area contributed by atoms with Crippen molar-refractivity contribution in [3.63, 3.8) is 0 Å². The van der Waals surface area contributed by atoms with Crippen molar-refractivity contribution >= 4 is 11.7 Å². The average molecular weight is 453 g/mol. The quantitative estimate of drug-likeness (QED) is 0.545. The van der Waals surface area contributed by atoms with E-state index in [0.29, 0.717) is 13.0 Å². The molecule has 33 heavy (non-hydrogen) atoms. The van der Waals surface area contributed by atoms with E-state index in [9.17, 15) is 9.59 Å². The second-order valence-electron chi connectivity index (χ2n) is 8.93. The maximum Gasteiger partial charge on any atom is 0.226 e. The Hall–Kier alpha value is -2.50. The number of carbonyl (C=O) groups is 2. The Morgan fingerprint density at radius 3 is 2.21 bits per heavy atom. The molecule has 2 aromatic rings. The first-order valence-corrected chi connectivity index (χ1v) is 11.6. The smallest absolute Gasteiger partial charge is 0.226 e. The molecular formula is C28H40N2O3. The van der Waals surface area contributed by atoms with Gasteiger partial charge in [0.1, 0.15) is 5.78 Å². The number of nitrogens with zero attached hydrogens (tertiary/aromatic N) is 1. The molecule has 0 aromatic heterocycles. The van der Waals surface area contributed by atoms with Crippen molar-refractivity contribution in [3.8, 4) is 0 Å². The molecule has 5 nitrogen and oxygen atoms in total. The Balaban J connectivity index is 0.00000385. The standard InChI is InChI=1S/C27H36N2O3.CH4/c1-20(26(32-3)24-15-10-16-28-24)25(30)18-23(17-21-11-6-4-7-12-21)27(31)29(2)19-22-13-8-5-9-14-22;/h4-9,11-14,20,23-24,26,28H,10,15-19H2,1-3H3;1H4/t20-,23+,24-,26+;/m0./s1. The lowest BCUT2D eigenvalue weighted by atomic mass is 9.85. The van der Waals surface area contributed by atoms with Crippen LogP contribution in [0.25, 0.3) is 0 Å². The van der Waals surface area contributed by atoms with Gasteiger partial charge in [-0.05, 0) is 36.9 Å². The molecule has 1 fully saturated rings. The highest BCUT2D eigenvalue weighted by atomic mass is 16.5. The van der Waals surface area contributed by atoms with Gasteiger partial charge in [-0.3, -0.25) is 9.59 Å². The third-order valence-corrected chi connectivity index (χ3v) is 6.53. The predicted octanol–water partition coefficient (Wildman–Crippen LogP) is 4.50. The minimum atomic E-state index is -0.393. The van der Waals surface area contributed by atoms with Crippen LogP contribution in [0.15, 0.2) is 60.7 Å². The normalized spacial score (nSPS) is 18.1. The number of hydrogen-bond donors (Lipinski definition) is 1. The highest BCUT2D eigenvalue weighted by Gasteiger charge is 2.35.